The van der Waals surface area contributed by atoms with E-state index in [9.17, 15) is 4.79 Å². The molecular formula is C28H32N6O. The van der Waals surface area contributed by atoms with Gasteiger partial charge in [-0.1, -0.05) is 35.9 Å². The van der Waals surface area contributed by atoms with Crippen LogP contribution in [0.2, 0.25) is 0 Å². The topological polar surface area (TPSA) is 88.5 Å². The standard InChI is InChI=1S/C28H32N6O/c1-20-4-2-5-23(18-20)25-19-31-27(28-30-13-17-34(25)28)32-24-9-7-21(8-10-24)22-11-15-33(16-12-22)14-3-6-26(29)35/h2,4-5,7-10,13,17-19,22H,3,6,11-12,14-16H2,1H3,(H2,29,35)(H,31,32). The van der Waals surface area contributed by atoms with E-state index < -0.39 is 0 Å². The molecule has 0 bridgehead atoms. The van der Waals surface area contributed by atoms with Gasteiger partial charge in [0.05, 0.1) is 11.9 Å². The maximum atomic E-state index is 10.9. The Morgan fingerprint density at radius 2 is 1.91 bits per heavy atom. The summed E-state index contributed by atoms with van der Waals surface area (Å²) in [4.78, 5) is 22.7. The first-order valence-corrected chi connectivity index (χ1v) is 12.3. The second-order valence-electron chi connectivity index (χ2n) is 9.42. The molecule has 3 heterocycles. The minimum absolute atomic E-state index is 0.209. The molecule has 2 aromatic heterocycles. The number of aromatic nitrogens is 3. The molecule has 1 aliphatic heterocycles. The number of carbonyl (C=O) groups is 1. The Kier molecular flexibility index (Phi) is 6.77. The van der Waals surface area contributed by atoms with E-state index >= 15 is 0 Å². The third-order valence-electron chi connectivity index (χ3n) is 6.87. The van der Waals surface area contributed by atoms with Crippen LogP contribution in [0.25, 0.3) is 16.9 Å². The molecule has 2 aromatic carbocycles. The number of amides is 1. The van der Waals surface area contributed by atoms with Gasteiger partial charge >= 0.3 is 0 Å². The van der Waals surface area contributed by atoms with Crippen molar-refractivity contribution >= 4 is 23.1 Å². The third-order valence-corrected chi connectivity index (χ3v) is 6.87. The summed E-state index contributed by atoms with van der Waals surface area (Å²) in [5.74, 6) is 1.10. The van der Waals surface area contributed by atoms with Crippen LogP contribution in [0.1, 0.15) is 42.7 Å². The van der Waals surface area contributed by atoms with Gasteiger partial charge in [-0.25, -0.2) is 9.97 Å². The lowest BCUT2D eigenvalue weighted by Crippen LogP contribution is -2.34. The van der Waals surface area contributed by atoms with Gasteiger partial charge in [0.1, 0.15) is 0 Å². The Bertz CT molecular complexity index is 1300. The molecule has 4 aromatic rings. The first-order chi connectivity index (χ1) is 17.1. The molecule has 7 nitrogen and oxygen atoms in total. The van der Waals surface area contributed by atoms with Crippen molar-refractivity contribution < 1.29 is 4.79 Å². The quantitative estimate of drug-likeness (QED) is 0.384. The number of nitrogens with zero attached hydrogens (tertiary/aromatic N) is 4. The number of fused-ring (bicyclic) bond motifs is 1. The lowest BCUT2D eigenvalue weighted by Gasteiger charge is -2.32. The summed E-state index contributed by atoms with van der Waals surface area (Å²) in [6.45, 7) is 5.19. The molecule has 1 amide bonds. The summed E-state index contributed by atoms with van der Waals surface area (Å²) in [6.07, 6.45) is 9.29. The largest absolute Gasteiger partial charge is 0.370 e. The molecule has 0 saturated carbocycles. The molecule has 1 saturated heterocycles. The maximum absolute atomic E-state index is 10.9. The Morgan fingerprint density at radius 3 is 2.66 bits per heavy atom. The van der Waals surface area contributed by atoms with Crippen LogP contribution in [0, 0.1) is 6.92 Å². The van der Waals surface area contributed by atoms with Crippen molar-refractivity contribution in [2.45, 2.75) is 38.5 Å². The van der Waals surface area contributed by atoms with Crippen molar-refractivity contribution in [2.75, 3.05) is 25.0 Å². The lowest BCUT2D eigenvalue weighted by atomic mass is 9.89. The second kappa shape index (κ2) is 10.3. The van der Waals surface area contributed by atoms with Gasteiger partial charge in [0.15, 0.2) is 11.5 Å². The molecule has 0 spiro atoms. The van der Waals surface area contributed by atoms with Crippen molar-refractivity contribution in [3.8, 4) is 11.3 Å². The van der Waals surface area contributed by atoms with Crippen molar-refractivity contribution in [1.29, 1.82) is 0 Å². The number of hydrogen-bond acceptors (Lipinski definition) is 5. The van der Waals surface area contributed by atoms with Crippen LogP contribution in [0.3, 0.4) is 0 Å². The number of piperidine rings is 1. The number of hydrogen-bond donors (Lipinski definition) is 2. The molecule has 0 atom stereocenters. The average molecular weight is 469 g/mol. The number of aryl methyl sites for hydroxylation is 1. The minimum atomic E-state index is -0.209. The van der Waals surface area contributed by atoms with Crippen LogP contribution in [0.4, 0.5) is 11.5 Å². The zero-order chi connectivity index (χ0) is 24.2. The third kappa shape index (κ3) is 5.35. The Balaban J connectivity index is 1.24. The second-order valence-corrected chi connectivity index (χ2v) is 9.42. The van der Waals surface area contributed by atoms with Crippen molar-refractivity contribution in [1.82, 2.24) is 19.3 Å². The predicted octanol–water partition coefficient (Wildman–Crippen LogP) is 4.89. The molecule has 1 aliphatic rings. The molecule has 0 unspecified atom stereocenters. The molecule has 1 fully saturated rings. The maximum Gasteiger partial charge on any atom is 0.217 e. The molecule has 0 radical (unpaired) electrons. The minimum Gasteiger partial charge on any atom is -0.370 e. The summed E-state index contributed by atoms with van der Waals surface area (Å²) in [6, 6.07) is 17.1. The summed E-state index contributed by atoms with van der Waals surface area (Å²) >= 11 is 0. The van der Waals surface area contributed by atoms with Gasteiger partial charge in [-0.15, -0.1) is 0 Å². The smallest absolute Gasteiger partial charge is 0.217 e. The van der Waals surface area contributed by atoms with Gasteiger partial charge < -0.3 is 16.0 Å². The number of carbonyl (C=O) groups excluding carboxylic acids is 1. The molecule has 3 N–H and O–H groups in total. The number of nitrogens with two attached hydrogens (primary N) is 1. The lowest BCUT2D eigenvalue weighted by molar-refractivity contribution is -0.118. The highest BCUT2D eigenvalue weighted by Gasteiger charge is 2.20. The van der Waals surface area contributed by atoms with Gasteiger partial charge in [-0.3, -0.25) is 9.20 Å². The molecule has 5 rings (SSSR count). The van der Waals surface area contributed by atoms with Gasteiger partial charge in [0.2, 0.25) is 5.91 Å². The first-order valence-electron chi connectivity index (χ1n) is 12.3. The van der Waals surface area contributed by atoms with E-state index in [-0.39, 0.29) is 5.91 Å². The fourth-order valence-corrected chi connectivity index (χ4v) is 4.97. The Hall–Kier alpha value is -3.71. The number of imidazole rings is 1. The number of benzene rings is 2. The number of nitrogens with one attached hydrogen (secondary N) is 1. The van der Waals surface area contributed by atoms with Gasteiger partial charge in [-0.2, -0.15) is 0 Å². The van der Waals surface area contributed by atoms with Gasteiger partial charge in [0.25, 0.3) is 0 Å². The fraction of sp³-hybridized carbons (Fsp3) is 0.321. The number of primary amides is 1. The first kappa shape index (κ1) is 23.1. The Labute approximate surface area is 206 Å². The van der Waals surface area contributed by atoms with Crippen molar-refractivity contribution in [3.05, 3.63) is 78.2 Å². The van der Waals surface area contributed by atoms with E-state index in [2.05, 4.69) is 75.1 Å². The average Bonchev–Trinajstić information content (AvgIpc) is 3.36. The van der Waals surface area contributed by atoms with E-state index in [1.807, 2.05) is 18.6 Å². The van der Waals surface area contributed by atoms with E-state index in [0.29, 0.717) is 12.3 Å². The molecule has 180 valence electrons. The number of anilines is 2. The van der Waals surface area contributed by atoms with E-state index in [0.717, 1.165) is 67.3 Å². The predicted molar refractivity (Wildman–Crippen MR) is 140 cm³/mol. The highest BCUT2D eigenvalue weighted by Crippen LogP contribution is 2.30. The molecule has 0 aliphatic carbocycles. The highest BCUT2D eigenvalue weighted by molar-refractivity contribution is 5.74. The summed E-state index contributed by atoms with van der Waals surface area (Å²) < 4.78 is 2.08. The van der Waals surface area contributed by atoms with Crippen LogP contribution in [-0.2, 0) is 4.79 Å². The normalized spacial score (nSPS) is 14.9. The van der Waals surface area contributed by atoms with E-state index in [1.54, 1.807) is 0 Å². The molecular weight excluding hydrogens is 436 g/mol. The fourth-order valence-electron chi connectivity index (χ4n) is 4.97. The van der Waals surface area contributed by atoms with Gasteiger partial charge in [0, 0.05) is 30.1 Å². The van der Waals surface area contributed by atoms with E-state index in [1.165, 1.54) is 11.1 Å². The monoisotopic (exact) mass is 468 g/mol. The molecule has 35 heavy (non-hydrogen) atoms. The number of likely N-dealkylation sites (tertiary alicyclic amines) is 1. The van der Waals surface area contributed by atoms with Crippen LogP contribution in [-0.4, -0.2) is 44.8 Å². The van der Waals surface area contributed by atoms with Crippen molar-refractivity contribution in [2.24, 2.45) is 5.73 Å². The molecule has 7 heteroatoms. The zero-order valence-corrected chi connectivity index (χ0v) is 20.2. The van der Waals surface area contributed by atoms with E-state index in [4.69, 9.17) is 10.7 Å². The van der Waals surface area contributed by atoms with Crippen LogP contribution in [0.15, 0.2) is 67.1 Å². The van der Waals surface area contributed by atoms with Gasteiger partial charge in [-0.05, 0) is 75.5 Å². The highest BCUT2D eigenvalue weighted by atomic mass is 16.1. The summed E-state index contributed by atoms with van der Waals surface area (Å²) in [7, 11) is 0. The summed E-state index contributed by atoms with van der Waals surface area (Å²) in [5.41, 5.74) is 11.8. The van der Waals surface area contributed by atoms with Crippen molar-refractivity contribution in [3.63, 3.8) is 0 Å². The van der Waals surface area contributed by atoms with Crippen LogP contribution in [0.5, 0.6) is 0 Å². The summed E-state index contributed by atoms with van der Waals surface area (Å²) in [5, 5.41) is 3.45. The van der Waals surface area contributed by atoms with Crippen LogP contribution >= 0.6 is 0 Å². The number of rotatable bonds is 8. The van der Waals surface area contributed by atoms with Crippen LogP contribution < -0.4 is 11.1 Å². The Morgan fingerprint density at radius 1 is 1.11 bits per heavy atom. The zero-order valence-electron chi connectivity index (χ0n) is 20.2. The SMILES string of the molecule is Cc1cccc(-c2cnc(Nc3ccc(C4CCN(CCCC(N)=O)CC4)cc3)c3nccn23)c1.